The number of fused-ring (bicyclic) bond motifs is 5. The summed E-state index contributed by atoms with van der Waals surface area (Å²) in [7, 11) is 0. The van der Waals surface area contributed by atoms with Crippen LogP contribution in [0.2, 0.25) is 0 Å². The van der Waals surface area contributed by atoms with E-state index in [4.69, 9.17) is 10.00 Å². The van der Waals surface area contributed by atoms with Crippen LogP contribution >= 0.6 is 0 Å². The molecule has 0 radical (unpaired) electrons. The molecule has 198 valence electrons. The molecular formula is C31H51NO3. The molecule has 4 saturated carbocycles. The van der Waals surface area contributed by atoms with Crippen molar-refractivity contribution in [1.29, 1.82) is 5.26 Å². The zero-order chi connectivity index (χ0) is 25.4. The predicted octanol–water partition coefficient (Wildman–Crippen LogP) is 7.29. The molecule has 4 heteroatoms. The Hall–Kier alpha value is -1.08. The van der Waals surface area contributed by atoms with Crippen LogP contribution in [0.4, 0.5) is 0 Å². The average molecular weight is 486 g/mol. The van der Waals surface area contributed by atoms with Crippen molar-refractivity contribution >= 4 is 5.97 Å². The summed E-state index contributed by atoms with van der Waals surface area (Å²) in [6.07, 6.45) is 14.3. The summed E-state index contributed by atoms with van der Waals surface area (Å²) in [5, 5.41) is 19.4. The van der Waals surface area contributed by atoms with E-state index in [9.17, 15) is 9.90 Å². The summed E-state index contributed by atoms with van der Waals surface area (Å²) in [6, 6.07) is 2.28. The summed E-state index contributed by atoms with van der Waals surface area (Å²) in [4.78, 5) is 12.4. The molecule has 0 aromatic carbocycles. The second-order valence-corrected chi connectivity index (χ2v) is 13.4. The number of nitrogens with zero attached hydrogens (tertiary/aromatic N) is 1. The van der Waals surface area contributed by atoms with Gasteiger partial charge in [-0.2, -0.15) is 5.26 Å². The number of esters is 1. The van der Waals surface area contributed by atoms with Gasteiger partial charge in [0.15, 0.2) is 0 Å². The maximum Gasteiger partial charge on any atom is 0.302 e. The zero-order valence-corrected chi connectivity index (χ0v) is 23.1. The van der Waals surface area contributed by atoms with Crippen LogP contribution in [0, 0.1) is 63.6 Å². The fourth-order valence-corrected chi connectivity index (χ4v) is 10.3. The minimum Gasteiger partial charge on any atom is -0.462 e. The van der Waals surface area contributed by atoms with Crippen LogP contribution in [0.1, 0.15) is 118 Å². The van der Waals surface area contributed by atoms with Crippen molar-refractivity contribution in [3.05, 3.63) is 0 Å². The van der Waals surface area contributed by atoms with Gasteiger partial charge in [-0.1, -0.05) is 47.0 Å². The van der Waals surface area contributed by atoms with Crippen LogP contribution in [-0.4, -0.2) is 23.3 Å². The normalized spacial score (nSPS) is 45.5. The number of aliphatic hydroxyl groups is 1. The van der Waals surface area contributed by atoms with E-state index in [1.807, 2.05) is 0 Å². The van der Waals surface area contributed by atoms with E-state index in [1.165, 1.54) is 44.9 Å². The van der Waals surface area contributed by atoms with Gasteiger partial charge >= 0.3 is 5.97 Å². The highest BCUT2D eigenvalue weighted by atomic mass is 16.5. The first-order valence-corrected chi connectivity index (χ1v) is 14.9. The van der Waals surface area contributed by atoms with E-state index in [2.05, 4.69) is 33.8 Å². The number of ether oxygens (including phenoxy) is 1. The second-order valence-electron chi connectivity index (χ2n) is 13.4. The molecule has 1 N–H and O–H groups in total. The van der Waals surface area contributed by atoms with Crippen molar-refractivity contribution in [2.24, 2.45) is 52.3 Å². The molecule has 0 aliphatic heterocycles. The summed E-state index contributed by atoms with van der Waals surface area (Å²) in [6.45, 7) is 11.5. The van der Waals surface area contributed by atoms with Gasteiger partial charge in [-0.3, -0.25) is 4.79 Å². The van der Waals surface area contributed by atoms with Gasteiger partial charge in [-0.05, 0) is 104 Å². The molecule has 0 aromatic rings. The molecular weight excluding hydrogens is 434 g/mol. The van der Waals surface area contributed by atoms with E-state index >= 15 is 0 Å². The molecule has 4 aliphatic carbocycles. The third-order valence-corrected chi connectivity index (χ3v) is 11.9. The minimum absolute atomic E-state index is 0.00976. The lowest BCUT2D eigenvalue weighted by molar-refractivity contribution is -0.217. The van der Waals surface area contributed by atoms with Gasteiger partial charge in [0.25, 0.3) is 0 Å². The number of carbonyl (C=O) groups excluding carboxylic acids is 1. The molecule has 4 rings (SSSR count). The average Bonchev–Trinajstić information content (AvgIpc) is 3.17. The topological polar surface area (TPSA) is 70.3 Å². The summed E-state index contributed by atoms with van der Waals surface area (Å²) >= 11 is 0. The lowest BCUT2D eigenvalue weighted by atomic mass is 9.41. The molecule has 0 amide bonds. The number of hydrogen-bond donors (Lipinski definition) is 1. The van der Waals surface area contributed by atoms with Crippen molar-refractivity contribution < 1.29 is 14.6 Å². The molecule has 11 atom stereocenters. The second kappa shape index (κ2) is 10.7. The molecule has 4 fully saturated rings. The molecule has 35 heavy (non-hydrogen) atoms. The highest BCUT2D eigenvalue weighted by Gasteiger charge is 2.65. The Balaban J connectivity index is 1.59. The number of aliphatic hydroxyl groups excluding tert-OH is 1. The van der Waals surface area contributed by atoms with Crippen molar-refractivity contribution in [1.82, 2.24) is 0 Å². The van der Waals surface area contributed by atoms with Gasteiger partial charge in [0.05, 0.1) is 12.2 Å². The van der Waals surface area contributed by atoms with Crippen molar-refractivity contribution in [3.8, 4) is 6.07 Å². The SMILES string of the molecule is CC[C@@H]1C2C[C@H](O)CCC2(C)[C@H]2CCC3(C)C([C@H](C)CCCCCC#N)CC[C@H]3[C@@H]2[C@@H]1OC(C)=O. The van der Waals surface area contributed by atoms with Gasteiger partial charge in [-0.25, -0.2) is 0 Å². The molecule has 0 saturated heterocycles. The number of carbonyl (C=O) groups is 1. The maximum atomic E-state index is 12.4. The van der Waals surface area contributed by atoms with Crippen LogP contribution < -0.4 is 0 Å². The molecule has 4 unspecified atom stereocenters. The van der Waals surface area contributed by atoms with Crippen LogP contribution in [0.5, 0.6) is 0 Å². The molecule has 4 nitrogen and oxygen atoms in total. The summed E-state index contributed by atoms with van der Waals surface area (Å²) < 4.78 is 6.30. The highest BCUT2D eigenvalue weighted by Crippen LogP contribution is 2.70. The fourth-order valence-electron chi connectivity index (χ4n) is 10.3. The van der Waals surface area contributed by atoms with Crippen LogP contribution in [0.25, 0.3) is 0 Å². The predicted molar refractivity (Wildman–Crippen MR) is 139 cm³/mol. The van der Waals surface area contributed by atoms with E-state index in [0.29, 0.717) is 41.4 Å². The number of unbranched alkanes of at least 4 members (excludes halogenated alkanes) is 3. The first-order chi connectivity index (χ1) is 16.7. The Morgan fingerprint density at radius 2 is 1.77 bits per heavy atom. The van der Waals surface area contributed by atoms with Gasteiger partial charge in [0.2, 0.25) is 0 Å². The first kappa shape index (κ1) is 27.0. The Morgan fingerprint density at radius 3 is 2.46 bits per heavy atom. The first-order valence-electron chi connectivity index (χ1n) is 14.9. The molecule has 4 aliphatic rings. The number of hydrogen-bond acceptors (Lipinski definition) is 4. The van der Waals surface area contributed by atoms with Gasteiger partial charge in [0.1, 0.15) is 6.10 Å². The third kappa shape index (κ3) is 4.81. The summed E-state index contributed by atoms with van der Waals surface area (Å²) in [5.74, 6) is 3.86. The molecule has 0 heterocycles. The van der Waals surface area contributed by atoms with Crippen LogP contribution in [0.15, 0.2) is 0 Å². The number of rotatable bonds is 8. The van der Waals surface area contributed by atoms with E-state index in [0.717, 1.165) is 43.9 Å². The standard InChI is InChI=1S/C31H51NO3/c1-6-23-27-19-22(34)14-16-31(27,5)26-15-17-30(4)24(20(2)11-9-7-8-10-18-32)12-13-25(30)28(26)29(23)35-21(3)33/h20,22-29,34H,6-17,19H2,1-5H3/t20-,22-,23-,24?,25+,26+,27?,28+,29-,30?,31?/m1/s1. The lowest BCUT2D eigenvalue weighted by Crippen LogP contribution is -2.63. The Morgan fingerprint density at radius 1 is 1.06 bits per heavy atom. The Labute approximate surface area is 214 Å². The lowest BCUT2D eigenvalue weighted by Gasteiger charge is -2.65. The minimum atomic E-state index is -0.199. The zero-order valence-electron chi connectivity index (χ0n) is 23.1. The smallest absolute Gasteiger partial charge is 0.302 e. The van der Waals surface area contributed by atoms with E-state index < -0.39 is 0 Å². The third-order valence-electron chi connectivity index (χ3n) is 11.9. The van der Waals surface area contributed by atoms with Crippen molar-refractivity contribution in [2.75, 3.05) is 0 Å². The van der Waals surface area contributed by atoms with Crippen molar-refractivity contribution in [3.63, 3.8) is 0 Å². The molecule has 0 spiro atoms. The maximum absolute atomic E-state index is 12.4. The van der Waals surface area contributed by atoms with E-state index in [1.54, 1.807) is 6.92 Å². The largest absolute Gasteiger partial charge is 0.462 e. The van der Waals surface area contributed by atoms with Gasteiger partial charge < -0.3 is 9.84 Å². The quantitative estimate of drug-likeness (QED) is 0.289. The van der Waals surface area contributed by atoms with Crippen LogP contribution in [0.3, 0.4) is 0 Å². The highest BCUT2D eigenvalue weighted by molar-refractivity contribution is 5.66. The van der Waals surface area contributed by atoms with E-state index in [-0.39, 0.29) is 23.6 Å². The molecule has 0 bridgehead atoms. The summed E-state index contributed by atoms with van der Waals surface area (Å²) in [5.41, 5.74) is 0.592. The van der Waals surface area contributed by atoms with Gasteiger partial charge in [0, 0.05) is 19.3 Å². The number of nitriles is 1. The van der Waals surface area contributed by atoms with Gasteiger partial charge in [-0.15, -0.1) is 0 Å². The van der Waals surface area contributed by atoms with Crippen LogP contribution in [-0.2, 0) is 9.53 Å². The Kier molecular flexibility index (Phi) is 8.26. The monoisotopic (exact) mass is 485 g/mol. The molecule has 0 aromatic heterocycles. The Bertz CT molecular complexity index is 791. The van der Waals surface area contributed by atoms with Crippen molar-refractivity contribution in [2.45, 2.75) is 130 Å². The fraction of sp³-hybridized carbons (Fsp3) is 0.935.